The number of nitrogens with zero attached hydrogens (tertiary/aromatic N) is 3. The normalized spacial score (nSPS) is 10.8. The average Bonchev–Trinajstić information content (AvgIpc) is 3.01. The summed E-state index contributed by atoms with van der Waals surface area (Å²) < 4.78 is 5.28. The lowest BCUT2D eigenvalue weighted by atomic mass is 10.1. The van der Waals surface area contributed by atoms with Crippen molar-refractivity contribution in [3.05, 3.63) is 36.0 Å². The van der Waals surface area contributed by atoms with Crippen LogP contribution < -0.4 is 10.2 Å². The molecule has 6 nitrogen and oxygen atoms in total. The zero-order valence-corrected chi connectivity index (χ0v) is 14.2. The predicted octanol–water partition coefficient (Wildman–Crippen LogP) is 2.09. The first-order valence-corrected chi connectivity index (χ1v) is 7.65. The third-order valence-corrected chi connectivity index (χ3v) is 3.48. The molecule has 0 aliphatic rings. The summed E-state index contributed by atoms with van der Waals surface area (Å²) in [6.07, 6.45) is 0.898. The van der Waals surface area contributed by atoms with Gasteiger partial charge in [-0.2, -0.15) is 0 Å². The van der Waals surface area contributed by atoms with Gasteiger partial charge in [0, 0.05) is 38.0 Å². The van der Waals surface area contributed by atoms with Crippen LogP contribution in [0.3, 0.4) is 0 Å². The Labute approximate surface area is 137 Å². The van der Waals surface area contributed by atoms with E-state index in [1.54, 1.807) is 6.07 Å². The van der Waals surface area contributed by atoms with E-state index in [2.05, 4.69) is 15.4 Å². The van der Waals surface area contributed by atoms with E-state index in [0.29, 0.717) is 18.0 Å². The minimum absolute atomic E-state index is 0.205. The van der Waals surface area contributed by atoms with E-state index in [9.17, 15) is 4.79 Å². The van der Waals surface area contributed by atoms with Gasteiger partial charge < -0.3 is 19.6 Å². The van der Waals surface area contributed by atoms with Crippen LogP contribution in [0.25, 0.3) is 11.3 Å². The molecule has 0 aliphatic heterocycles. The summed E-state index contributed by atoms with van der Waals surface area (Å²) in [7, 11) is 7.99. The summed E-state index contributed by atoms with van der Waals surface area (Å²) >= 11 is 0. The molecule has 0 radical (unpaired) electrons. The fraction of sp³-hybridized carbons (Fsp3) is 0.412. The van der Waals surface area contributed by atoms with E-state index in [4.69, 9.17) is 4.52 Å². The van der Waals surface area contributed by atoms with Gasteiger partial charge in [0.15, 0.2) is 11.5 Å². The third-order valence-electron chi connectivity index (χ3n) is 3.48. The minimum Gasteiger partial charge on any atom is -0.378 e. The van der Waals surface area contributed by atoms with Gasteiger partial charge in [-0.05, 0) is 51.3 Å². The van der Waals surface area contributed by atoms with Crippen LogP contribution in [0.2, 0.25) is 0 Å². The van der Waals surface area contributed by atoms with Gasteiger partial charge in [0.25, 0.3) is 5.91 Å². The number of anilines is 1. The Kier molecular flexibility index (Phi) is 5.76. The van der Waals surface area contributed by atoms with Crippen LogP contribution in [-0.2, 0) is 0 Å². The van der Waals surface area contributed by atoms with Gasteiger partial charge in [-0.3, -0.25) is 4.79 Å². The monoisotopic (exact) mass is 316 g/mol. The first-order chi connectivity index (χ1) is 11.0. The quantitative estimate of drug-likeness (QED) is 0.793. The van der Waals surface area contributed by atoms with Crippen molar-refractivity contribution in [2.75, 3.05) is 46.2 Å². The zero-order chi connectivity index (χ0) is 16.8. The Bertz CT molecular complexity index is 632. The molecular formula is C17H24N4O2. The molecule has 23 heavy (non-hydrogen) atoms. The Balaban J connectivity index is 1.95. The highest BCUT2D eigenvalue weighted by Gasteiger charge is 2.13. The number of amides is 1. The molecule has 0 saturated heterocycles. The number of hydrogen-bond donors (Lipinski definition) is 1. The van der Waals surface area contributed by atoms with E-state index < -0.39 is 0 Å². The molecule has 0 aliphatic carbocycles. The minimum atomic E-state index is -0.205. The molecule has 1 N–H and O–H groups in total. The summed E-state index contributed by atoms with van der Waals surface area (Å²) in [5.74, 6) is 0.386. The topological polar surface area (TPSA) is 61.6 Å². The Morgan fingerprint density at radius 3 is 2.48 bits per heavy atom. The molecule has 6 heteroatoms. The van der Waals surface area contributed by atoms with Crippen molar-refractivity contribution < 1.29 is 9.32 Å². The number of hydrogen-bond acceptors (Lipinski definition) is 5. The SMILES string of the molecule is CN(C)CCCNC(=O)c1cc(-c2ccc(N(C)C)cc2)on1. The van der Waals surface area contributed by atoms with Crippen molar-refractivity contribution in [3.8, 4) is 11.3 Å². The highest BCUT2D eigenvalue weighted by molar-refractivity contribution is 5.93. The maximum atomic E-state index is 12.0. The van der Waals surface area contributed by atoms with Crippen LogP contribution >= 0.6 is 0 Å². The molecule has 0 unspecified atom stereocenters. The number of carbonyl (C=O) groups is 1. The molecule has 1 aromatic carbocycles. The number of benzene rings is 1. The molecule has 0 spiro atoms. The summed E-state index contributed by atoms with van der Waals surface area (Å²) in [5, 5.41) is 6.70. The zero-order valence-electron chi connectivity index (χ0n) is 14.2. The first-order valence-electron chi connectivity index (χ1n) is 7.65. The molecule has 1 amide bonds. The Morgan fingerprint density at radius 2 is 1.87 bits per heavy atom. The van der Waals surface area contributed by atoms with E-state index >= 15 is 0 Å². The molecule has 2 rings (SSSR count). The second kappa shape index (κ2) is 7.78. The molecule has 124 valence electrons. The number of rotatable bonds is 7. The fourth-order valence-corrected chi connectivity index (χ4v) is 2.13. The lowest BCUT2D eigenvalue weighted by Gasteiger charge is -2.11. The smallest absolute Gasteiger partial charge is 0.273 e. The third kappa shape index (κ3) is 4.82. The largest absolute Gasteiger partial charge is 0.378 e. The van der Waals surface area contributed by atoms with Crippen LogP contribution in [0, 0.1) is 0 Å². The molecule has 0 fully saturated rings. The summed E-state index contributed by atoms with van der Waals surface area (Å²) in [6.45, 7) is 1.55. The summed E-state index contributed by atoms with van der Waals surface area (Å²) in [4.78, 5) is 16.1. The van der Waals surface area contributed by atoms with Crippen molar-refractivity contribution in [2.24, 2.45) is 0 Å². The van der Waals surface area contributed by atoms with Gasteiger partial charge in [-0.15, -0.1) is 0 Å². The summed E-state index contributed by atoms with van der Waals surface area (Å²) in [6, 6.07) is 9.58. The lowest BCUT2D eigenvalue weighted by Crippen LogP contribution is -2.27. The van der Waals surface area contributed by atoms with Crippen LogP contribution in [0.1, 0.15) is 16.9 Å². The van der Waals surface area contributed by atoms with E-state index in [0.717, 1.165) is 24.2 Å². The van der Waals surface area contributed by atoms with Gasteiger partial charge in [0.2, 0.25) is 0 Å². The van der Waals surface area contributed by atoms with Crippen LogP contribution in [0.5, 0.6) is 0 Å². The number of nitrogens with one attached hydrogen (secondary N) is 1. The number of aromatic nitrogens is 1. The van der Waals surface area contributed by atoms with Crippen LogP contribution in [0.15, 0.2) is 34.9 Å². The van der Waals surface area contributed by atoms with E-state index in [-0.39, 0.29) is 5.91 Å². The lowest BCUT2D eigenvalue weighted by molar-refractivity contribution is 0.0943. The van der Waals surface area contributed by atoms with Gasteiger partial charge in [0.05, 0.1) is 0 Å². The highest BCUT2D eigenvalue weighted by atomic mass is 16.5. The maximum Gasteiger partial charge on any atom is 0.273 e. The van der Waals surface area contributed by atoms with E-state index in [1.165, 1.54) is 0 Å². The van der Waals surface area contributed by atoms with Gasteiger partial charge in [-0.25, -0.2) is 0 Å². The standard InChI is InChI=1S/C17H24N4O2/c1-20(2)11-5-10-18-17(22)15-12-16(23-19-15)13-6-8-14(9-7-13)21(3)4/h6-9,12H,5,10-11H2,1-4H3,(H,18,22). The molecule has 1 aromatic heterocycles. The number of carbonyl (C=O) groups excluding carboxylic acids is 1. The van der Waals surface area contributed by atoms with Crippen molar-refractivity contribution in [3.63, 3.8) is 0 Å². The summed E-state index contributed by atoms with van der Waals surface area (Å²) in [5.41, 5.74) is 2.31. The Hall–Kier alpha value is -2.34. The maximum absolute atomic E-state index is 12.0. The van der Waals surface area contributed by atoms with Gasteiger partial charge in [0.1, 0.15) is 0 Å². The molecule has 0 bridgehead atoms. The van der Waals surface area contributed by atoms with Crippen LogP contribution in [0.4, 0.5) is 5.69 Å². The van der Waals surface area contributed by atoms with Gasteiger partial charge in [-0.1, -0.05) is 5.16 Å². The molecular weight excluding hydrogens is 292 g/mol. The van der Waals surface area contributed by atoms with Crippen molar-refractivity contribution >= 4 is 11.6 Å². The first kappa shape index (κ1) is 17.0. The second-order valence-corrected chi connectivity index (χ2v) is 5.93. The average molecular weight is 316 g/mol. The van der Waals surface area contributed by atoms with Gasteiger partial charge >= 0.3 is 0 Å². The predicted molar refractivity (Wildman–Crippen MR) is 91.8 cm³/mol. The second-order valence-electron chi connectivity index (χ2n) is 5.93. The molecule has 2 aromatic rings. The fourth-order valence-electron chi connectivity index (χ4n) is 2.13. The molecule has 1 heterocycles. The van der Waals surface area contributed by atoms with Crippen LogP contribution in [-0.4, -0.2) is 57.2 Å². The Morgan fingerprint density at radius 1 is 1.17 bits per heavy atom. The van der Waals surface area contributed by atoms with Crippen molar-refractivity contribution in [2.45, 2.75) is 6.42 Å². The molecule has 0 saturated carbocycles. The van der Waals surface area contributed by atoms with Crippen molar-refractivity contribution in [1.29, 1.82) is 0 Å². The molecule has 0 atom stereocenters. The highest BCUT2D eigenvalue weighted by Crippen LogP contribution is 2.23. The van der Waals surface area contributed by atoms with Crippen molar-refractivity contribution in [1.82, 2.24) is 15.4 Å². The van der Waals surface area contributed by atoms with E-state index in [1.807, 2.05) is 57.4 Å².